The zero-order valence-corrected chi connectivity index (χ0v) is 9.19. The summed E-state index contributed by atoms with van der Waals surface area (Å²) in [6.07, 6.45) is 7.13. The summed E-state index contributed by atoms with van der Waals surface area (Å²) in [7, 11) is 0. The van der Waals surface area contributed by atoms with Crippen LogP contribution in [0.1, 0.15) is 59.8 Å². The molecule has 0 nitrogen and oxygen atoms in total. The highest BCUT2D eigenvalue weighted by Crippen LogP contribution is 2.57. The van der Waals surface area contributed by atoms with Crippen molar-refractivity contribution in [3.05, 3.63) is 0 Å². The summed E-state index contributed by atoms with van der Waals surface area (Å²) >= 11 is 0. The lowest BCUT2D eigenvalue weighted by atomic mass is 9.50. The van der Waals surface area contributed by atoms with Gasteiger partial charge in [0.2, 0.25) is 0 Å². The first-order valence-electron chi connectivity index (χ1n) is 5.71. The topological polar surface area (TPSA) is 0 Å². The van der Waals surface area contributed by atoms with Crippen LogP contribution in [-0.2, 0) is 0 Å². The van der Waals surface area contributed by atoms with E-state index in [1.165, 1.54) is 32.1 Å². The van der Waals surface area contributed by atoms with Gasteiger partial charge in [-0.1, -0.05) is 40.5 Å². The highest BCUT2D eigenvalue weighted by atomic mass is 14.5. The van der Waals surface area contributed by atoms with E-state index in [4.69, 9.17) is 0 Å². The molecule has 0 aromatic carbocycles. The summed E-state index contributed by atoms with van der Waals surface area (Å²) < 4.78 is 0. The average Bonchev–Trinajstić information content (AvgIpc) is 2.09. The SMILES string of the molecule is CCCC1(CC)C(C)CC1CC. The van der Waals surface area contributed by atoms with Crippen molar-refractivity contribution in [2.75, 3.05) is 0 Å². The first kappa shape index (κ1) is 10.1. The van der Waals surface area contributed by atoms with Gasteiger partial charge in [0.25, 0.3) is 0 Å². The Morgan fingerprint density at radius 3 is 2.25 bits per heavy atom. The van der Waals surface area contributed by atoms with E-state index in [0.29, 0.717) is 0 Å². The molecular formula is C12H24. The van der Waals surface area contributed by atoms with E-state index in [1.54, 1.807) is 0 Å². The third-order valence-corrected chi connectivity index (χ3v) is 4.30. The van der Waals surface area contributed by atoms with Crippen LogP contribution in [0.5, 0.6) is 0 Å². The molecule has 0 aliphatic heterocycles. The number of hydrogen-bond donors (Lipinski definition) is 0. The Labute approximate surface area is 77.7 Å². The molecule has 0 radical (unpaired) electrons. The van der Waals surface area contributed by atoms with Gasteiger partial charge in [-0.15, -0.1) is 0 Å². The molecule has 0 spiro atoms. The van der Waals surface area contributed by atoms with Crippen molar-refractivity contribution < 1.29 is 0 Å². The fourth-order valence-corrected chi connectivity index (χ4v) is 3.44. The average molecular weight is 168 g/mol. The van der Waals surface area contributed by atoms with Crippen LogP contribution in [0.3, 0.4) is 0 Å². The minimum Gasteiger partial charge on any atom is -0.0654 e. The summed E-state index contributed by atoms with van der Waals surface area (Å²) in [5, 5.41) is 0. The second-order valence-electron chi connectivity index (χ2n) is 4.58. The Balaban J connectivity index is 2.61. The maximum atomic E-state index is 2.45. The zero-order chi connectivity index (χ0) is 9.19. The van der Waals surface area contributed by atoms with Gasteiger partial charge >= 0.3 is 0 Å². The van der Waals surface area contributed by atoms with Gasteiger partial charge in [-0.05, 0) is 36.5 Å². The molecule has 3 atom stereocenters. The molecule has 0 bridgehead atoms. The van der Waals surface area contributed by atoms with E-state index in [2.05, 4.69) is 27.7 Å². The third kappa shape index (κ3) is 1.30. The fraction of sp³-hybridized carbons (Fsp3) is 1.00. The second-order valence-corrected chi connectivity index (χ2v) is 4.58. The van der Waals surface area contributed by atoms with Crippen LogP contribution in [-0.4, -0.2) is 0 Å². The molecule has 0 heteroatoms. The minimum absolute atomic E-state index is 0.740. The Hall–Kier alpha value is 0. The zero-order valence-electron chi connectivity index (χ0n) is 9.19. The third-order valence-electron chi connectivity index (χ3n) is 4.30. The molecule has 0 aromatic heterocycles. The summed E-state index contributed by atoms with van der Waals surface area (Å²) in [5.74, 6) is 2.03. The Bertz CT molecular complexity index is 139. The first-order valence-corrected chi connectivity index (χ1v) is 5.71. The van der Waals surface area contributed by atoms with Crippen molar-refractivity contribution >= 4 is 0 Å². The van der Waals surface area contributed by atoms with Crippen LogP contribution in [0.15, 0.2) is 0 Å². The van der Waals surface area contributed by atoms with Gasteiger partial charge in [-0.2, -0.15) is 0 Å². The Morgan fingerprint density at radius 1 is 1.25 bits per heavy atom. The lowest BCUT2D eigenvalue weighted by Gasteiger charge is -2.55. The van der Waals surface area contributed by atoms with Crippen LogP contribution < -0.4 is 0 Å². The number of rotatable bonds is 4. The largest absolute Gasteiger partial charge is 0.0654 e. The summed E-state index contributed by atoms with van der Waals surface area (Å²) in [6, 6.07) is 0. The number of hydrogen-bond acceptors (Lipinski definition) is 0. The molecule has 1 aliphatic rings. The maximum Gasteiger partial charge on any atom is -0.0246 e. The Kier molecular flexibility index (Phi) is 3.20. The van der Waals surface area contributed by atoms with Crippen molar-refractivity contribution in [3.63, 3.8) is 0 Å². The molecule has 1 aliphatic carbocycles. The van der Waals surface area contributed by atoms with Crippen LogP contribution in [0.25, 0.3) is 0 Å². The minimum atomic E-state index is 0.740. The van der Waals surface area contributed by atoms with Gasteiger partial charge in [0.15, 0.2) is 0 Å². The van der Waals surface area contributed by atoms with Gasteiger partial charge in [-0.3, -0.25) is 0 Å². The van der Waals surface area contributed by atoms with Gasteiger partial charge in [0.1, 0.15) is 0 Å². The summed E-state index contributed by atoms with van der Waals surface area (Å²) in [5.41, 5.74) is 0.740. The van der Waals surface area contributed by atoms with E-state index < -0.39 is 0 Å². The van der Waals surface area contributed by atoms with E-state index in [-0.39, 0.29) is 0 Å². The standard InChI is InChI=1S/C12H24/c1-5-8-12(7-3)10(4)9-11(12)6-2/h10-11H,5-9H2,1-4H3. The highest BCUT2D eigenvalue weighted by Gasteiger charge is 2.48. The quantitative estimate of drug-likeness (QED) is 0.588. The lowest BCUT2D eigenvalue weighted by molar-refractivity contribution is -0.0576. The van der Waals surface area contributed by atoms with Crippen molar-refractivity contribution in [2.24, 2.45) is 17.3 Å². The molecular weight excluding hydrogens is 144 g/mol. The molecule has 3 unspecified atom stereocenters. The van der Waals surface area contributed by atoms with Gasteiger partial charge in [-0.25, -0.2) is 0 Å². The molecule has 0 N–H and O–H groups in total. The van der Waals surface area contributed by atoms with E-state index in [0.717, 1.165) is 17.3 Å². The normalized spacial score (nSPS) is 41.0. The molecule has 1 fully saturated rings. The fourth-order valence-electron chi connectivity index (χ4n) is 3.44. The molecule has 1 saturated carbocycles. The van der Waals surface area contributed by atoms with E-state index in [1.807, 2.05) is 0 Å². The predicted octanol–water partition coefficient (Wildman–Crippen LogP) is 4.25. The second kappa shape index (κ2) is 3.81. The van der Waals surface area contributed by atoms with Crippen molar-refractivity contribution in [1.29, 1.82) is 0 Å². The predicted molar refractivity (Wildman–Crippen MR) is 55.2 cm³/mol. The van der Waals surface area contributed by atoms with Crippen LogP contribution >= 0.6 is 0 Å². The van der Waals surface area contributed by atoms with Crippen molar-refractivity contribution in [1.82, 2.24) is 0 Å². The molecule has 0 heterocycles. The van der Waals surface area contributed by atoms with Crippen molar-refractivity contribution in [2.45, 2.75) is 59.8 Å². The summed E-state index contributed by atoms with van der Waals surface area (Å²) in [6.45, 7) is 9.52. The van der Waals surface area contributed by atoms with Crippen LogP contribution in [0.4, 0.5) is 0 Å². The maximum absolute atomic E-state index is 2.45. The Morgan fingerprint density at radius 2 is 1.92 bits per heavy atom. The van der Waals surface area contributed by atoms with E-state index >= 15 is 0 Å². The molecule has 0 saturated heterocycles. The molecule has 72 valence electrons. The first-order chi connectivity index (χ1) is 5.71. The molecule has 1 rings (SSSR count). The van der Waals surface area contributed by atoms with Crippen molar-refractivity contribution in [3.8, 4) is 0 Å². The van der Waals surface area contributed by atoms with Crippen LogP contribution in [0.2, 0.25) is 0 Å². The smallest absolute Gasteiger partial charge is 0.0246 e. The van der Waals surface area contributed by atoms with Gasteiger partial charge in [0, 0.05) is 0 Å². The highest BCUT2D eigenvalue weighted by molar-refractivity contribution is 4.98. The van der Waals surface area contributed by atoms with E-state index in [9.17, 15) is 0 Å². The monoisotopic (exact) mass is 168 g/mol. The van der Waals surface area contributed by atoms with Gasteiger partial charge < -0.3 is 0 Å². The summed E-state index contributed by atoms with van der Waals surface area (Å²) in [4.78, 5) is 0. The van der Waals surface area contributed by atoms with Gasteiger partial charge in [0.05, 0.1) is 0 Å². The molecule has 12 heavy (non-hydrogen) atoms. The molecule has 0 amide bonds. The lowest BCUT2D eigenvalue weighted by Crippen LogP contribution is -2.47. The van der Waals surface area contributed by atoms with Crippen LogP contribution in [0, 0.1) is 17.3 Å². The molecule has 0 aromatic rings.